The van der Waals surface area contributed by atoms with E-state index in [4.69, 9.17) is 4.74 Å². The summed E-state index contributed by atoms with van der Waals surface area (Å²) < 4.78 is 42.9. The van der Waals surface area contributed by atoms with Crippen molar-refractivity contribution in [3.05, 3.63) is 29.8 Å². The maximum Gasteiger partial charge on any atom is 0.419 e. The Labute approximate surface area is 104 Å². The molecule has 2 N–H and O–H groups in total. The van der Waals surface area contributed by atoms with Crippen molar-refractivity contribution in [3.63, 3.8) is 0 Å². The van der Waals surface area contributed by atoms with Crippen LogP contribution in [0.2, 0.25) is 0 Å². The fourth-order valence-corrected chi connectivity index (χ4v) is 1.38. The number of halogens is 3. The summed E-state index contributed by atoms with van der Waals surface area (Å²) in [6.07, 6.45) is -5.30. The van der Waals surface area contributed by atoms with Crippen molar-refractivity contribution in [1.29, 1.82) is 0 Å². The molecule has 0 fully saturated rings. The molecule has 0 spiro atoms. The highest BCUT2D eigenvalue weighted by Gasteiger charge is 2.34. The second-order valence-corrected chi connectivity index (χ2v) is 3.77. The molecule has 0 amide bonds. The molecular weight excluding hydrogens is 247 g/mol. The van der Waals surface area contributed by atoms with Gasteiger partial charge in [0.05, 0.1) is 5.56 Å². The molecule has 1 rings (SSSR count). The lowest BCUT2D eigenvalue weighted by atomic mass is 10.2. The summed E-state index contributed by atoms with van der Waals surface area (Å²) in [5.41, 5.74) is -0.833. The van der Waals surface area contributed by atoms with E-state index >= 15 is 0 Å². The van der Waals surface area contributed by atoms with Crippen molar-refractivity contribution in [2.45, 2.75) is 19.2 Å². The van der Waals surface area contributed by atoms with Crippen molar-refractivity contribution < 1.29 is 23.0 Å². The minimum atomic E-state index is -4.46. The number of rotatable bonds is 6. The second-order valence-electron chi connectivity index (χ2n) is 3.77. The van der Waals surface area contributed by atoms with Gasteiger partial charge in [-0.1, -0.05) is 19.1 Å². The first-order valence-corrected chi connectivity index (χ1v) is 5.63. The van der Waals surface area contributed by atoms with Crippen molar-refractivity contribution in [2.24, 2.45) is 0 Å². The molecule has 1 aromatic rings. The van der Waals surface area contributed by atoms with E-state index in [-0.39, 0.29) is 18.9 Å². The van der Waals surface area contributed by atoms with Gasteiger partial charge in [0.2, 0.25) is 0 Å². The highest BCUT2D eigenvalue weighted by Crippen LogP contribution is 2.35. The molecule has 6 heteroatoms. The summed E-state index contributed by atoms with van der Waals surface area (Å²) in [5.74, 6) is -0.263. The Bertz CT molecular complexity index is 369. The zero-order valence-corrected chi connectivity index (χ0v) is 10.00. The van der Waals surface area contributed by atoms with E-state index in [0.29, 0.717) is 6.54 Å². The molecular formula is C12H16F3NO2. The van der Waals surface area contributed by atoms with Gasteiger partial charge < -0.3 is 15.2 Å². The third-order valence-corrected chi connectivity index (χ3v) is 2.25. The number of alkyl halides is 3. The van der Waals surface area contributed by atoms with Crippen molar-refractivity contribution >= 4 is 0 Å². The van der Waals surface area contributed by atoms with Gasteiger partial charge in [-0.2, -0.15) is 13.2 Å². The van der Waals surface area contributed by atoms with E-state index in [2.05, 4.69) is 5.32 Å². The number of hydrogen-bond acceptors (Lipinski definition) is 3. The minimum Gasteiger partial charge on any atom is -0.490 e. The van der Waals surface area contributed by atoms with E-state index < -0.39 is 17.8 Å². The third kappa shape index (κ3) is 4.54. The fraction of sp³-hybridized carbons (Fsp3) is 0.500. The zero-order chi connectivity index (χ0) is 13.6. The van der Waals surface area contributed by atoms with Gasteiger partial charge in [-0.15, -0.1) is 0 Å². The summed E-state index contributed by atoms with van der Waals surface area (Å²) in [5, 5.41) is 12.3. The lowest BCUT2D eigenvalue weighted by Crippen LogP contribution is -2.31. The first kappa shape index (κ1) is 14.8. The van der Waals surface area contributed by atoms with Crippen LogP contribution in [0.1, 0.15) is 12.5 Å². The van der Waals surface area contributed by atoms with Crippen LogP contribution >= 0.6 is 0 Å². The van der Waals surface area contributed by atoms with Gasteiger partial charge in [-0.25, -0.2) is 0 Å². The van der Waals surface area contributed by atoms with E-state index in [0.717, 1.165) is 6.07 Å². The average molecular weight is 263 g/mol. The molecule has 1 unspecified atom stereocenters. The van der Waals surface area contributed by atoms with E-state index in [1.54, 1.807) is 0 Å². The predicted octanol–water partition coefficient (Wildman–Crippen LogP) is 2.05. The smallest absolute Gasteiger partial charge is 0.419 e. The van der Waals surface area contributed by atoms with E-state index in [1.165, 1.54) is 18.2 Å². The molecule has 0 aromatic heterocycles. The van der Waals surface area contributed by atoms with Crippen LogP contribution in [-0.2, 0) is 6.18 Å². The Morgan fingerprint density at radius 2 is 2.00 bits per heavy atom. The van der Waals surface area contributed by atoms with E-state index in [1.807, 2.05) is 6.92 Å². The predicted molar refractivity (Wildman–Crippen MR) is 61.5 cm³/mol. The molecule has 0 radical (unpaired) electrons. The Kier molecular flexibility index (Phi) is 5.43. The molecule has 1 aromatic carbocycles. The number of hydrogen-bond donors (Lipinski definition) is 2. The molecule has 0 bridgehead atoms. The molecule has 0 heterocycles. The molecule has 1 atom stereocenters. The highest BCUT2D eigenvalue weighted by molar-refractivity contribution is 5.35. The van der Waals surface area contributed by atoms with Crippen molar-refractivity contribution in [2.75, 3.05) is 19.7 Å². The van der Waals surface area contributed by atoms with Crippen LogP contribution in [0.25, 0.3) is 0 Å². The summed E-state index contributed by atoms with van der Waals surface area (Å²) in [6.45, 7) is 2.65. The molecule has 0 aliphatic rings. The maximum atomic E-state index is 12.6. The van der Waals surface area contributed by atoms with Gasteiger partial charge >= 0.3 is 6.18 Å². The van der Waals surface area contributed by atoms with Crippen LogP contribution in [0, 0.1) is 0 Å². The Balaban J connectivity index is 2.62. The number of aliphatic hydroxyl groups is 1. The topological polar surface area (TPSA) is 41.5 Å². The number of benzene rings is 1. The monoisotopic (exact) mass is 263 g/mol. The van der Waals surface area contributed by atoms with Gasteiger partial charge in [0.25, 0.3) is 0 Å². The van der Waals surface area contributed by atoms with Crippen molar-refractivity contribution in [1.82, 2.24) is 5.32 Å². The second kappa shape index (κ2) is 6.61. The molecule has 18 heavy (non-hydrogen) atoms. The Morgan fingerprint density at radius 1 is 1.33 bits per heavy atom. The largest absolute Gasteiger partial charge is 0.490 e. The Hall–Kier alpha value is -1.27. The first-order valence-electron chi connectivity index (χ1n) is 5.63. The molecule has 3 nitrogen and oxygen atoms in total. The molecule has 0 aliphatic carbocycles. The number of nitrogens with one attached hydrogen (secondary N) is 1. The van der Waals surface area contributed by atoms with E-state index in [9.17, 15) is 18.3 Å². The molecule has 0 saturated heterocycles. The number of ether oxygens (including phenoxy) is 1. The number of para-hydroxylation sites is 1. The van der Waals surface area contributed by atoms with Gasteiger partial charge in [0.1, 0.15) is 18.5 Å². The van der Waals surface area contributed by atoms with Gasteiger partial charge in [-0.05, 0) is 18.7 Å². The average Bonchev–Trinajstić information content (AvgIpc) is 2.33. The summed E-state index contributed by atoms with van der Waals surface area (Å²) in [4.78, 5) is 0. The zero-order valence-electron chi connectivity index (χ0n) is 10.00. The minimum absolute atomic E-state index is 0.180. The molecule has 102 valence electrons. The lowest BCUT2D eigenvalue weighted by Gasteiger charge is -2.16. The number of aliphatic hydroxyl groups excluding tert-OH is 1. The van der Waals surface area contributed by atoms with Gasteiger partial charge in [0.15, 0.2) is 0 Å². The SMILES string of the molecule is CCNCC(O)COc1ccccc1C(F)(F)F. The first-order chi connectivity index (χ1) is 8.45. The summed E-state index contributed by atoms with van der Waals surface area (Å²) in [6, 6.07) is 4.95. The van der Waals surface area contributed by atoms with Crippen LogP contribution in [0.15, 0.2) is 24.3 Å². The molecule has 0 saturated carbocycles. The van der Waals surface area contributed by atoms with Gasteiger partial charge in [-0.3, -0.25) is 0 Å². The quantitative estimate of drug-likeness (QED) is 0.825. The Morgan fingerprint density at radius 3 is 2.61 bits per heavy atom. The number of likely N-dealkylation sites (N-methyl/N-ethyl adjacent to an activating group) is 1. The summed E-state index contributed by atoms with van der Waals surface area (Å²) >= 11 is 0. The van der Waals surface area contributed by atoms with Crippen molar-refractivity contribution in [3.8, 4) is 5.75 Å². The van der Waals surface area contributed by atoms with Crippen LogP contribution in [0.3, 0.4) is 0 Å². The van der Waals surface area contributed by atoms with Crippen LogP contribution in [0.4, 0.5) is 13.2 Å². The standard InChI is InChI=1S/C12H16F3NO2/c1-2-16-7-9(17)8-18-11-6-4-3-5-10(11)12(13,14)15/h3-6,9,16-17H,2,7-8H2,1H3. The maximum absolute atomic E-state index is 12.6. The summed E-state index contributed by atoms with van der Waals surface area (Å²) in [7, 11) is 0. The van der Waals surface area contributed by atoms with Crippen LogP contribution < -0.4 is 10.1 Å². The molecule has 0 aliphatic heterocycles. The van der Waals surface area contributed by atoms with Gasteiger partial charge in [0, 0.05) is 6.54 Å². The normalized spacial score (nSPS) is 13.4. The van der Waals surface area contributed by atoms with Crippen LogP contribution in [0.5, 0.6) is 5.75 Å². The van der Waals surface area contributed by atoms with Crippen LogP contribution in [-0.4, -0.2) is 30.9 Å². The fourth-order valence-electron chi connectivity index (χ4n) is 1.38. The third-order valence-electron chi connectivity index (χ3n) is 2.25. The highest BCUT2D eigenvalue weighted by atomic mass is 19.4. The lowest BCUT2D eigenvalue weighted by molar-refractivity contribution is -0.139.